The number of nitrogens with two attached hydrogens (primary N) is 1. The zero-order valence-electron chi connectivity index (χ0n) is 15.0. The van der Waals surface area contributed by atoms with Crippen molar-refractivity contribution in [2.45, 2.75) is 45.8 Å². The predicted octanol–water partition coefficient (Wildman–Crippen LogP) is 4.87. The van der Waals surface area contributed by atoms with E-state index in [1.54, 1.807) is 12.1 Å². The molecule has 0 bridgehead atoms. The lowest BCUT2D eigenvalue weighted by Crippen LogP contribution is -2.41. The maximum Gasteiger partial charge on any atom is 0.491 e. The molecule has 1 saturated heterocycles. The number of thioether (sulfide) groups is 1. The van der Waals surface area contributed by atoms with Gasteiger partial charge in [-0.05, 0) is 44.8 Å². The molecule has 1 heterocycles. The molecule has 25 heavy (non-hydrogen) atoms. The molecule has 1 aromatic rings. The minimum absolute atomic E-state index is 0.0175. The molecule has 0 amide bonds. The van der Waals surface area contributed by atoms with Gasteiger partial charge in [-0.2, -0.15) is 0 Å². The smallest absolute Gasteiger partial charge is 0.400 e. The van der Waals surface area contributed by atoms with Crippen molar-refractivity contribution >= 4 is 59.0 Å². The van der Waals surface area contributed by atoms with Crippen LogP contribution in [0.5, 0.6) is 0 Å². The minimum Gasteiger partial charge on any atom is -0.400 e. The molecule has 0 spiro atoms. The Balaban J connectivity index is 2.40. The quantitative estimate of drug-likeness (QED) is 0.575. The molecule has 1 aliphatic rings. The Kier molecular flexibility index (Phi) is 6.22. The van der Waals surface area contributed by atoms with Crippen LogP contribution < -0.4 is 5.73 Å². The Bertz CT molecular complexity index is 706. The van der Waals surface area contributed by atoms with Crippen molar-refractivity contribution in [2.24, 2.45) is 0 Å². The van der Waals surface area contributed by atoms with Gasteiger partial charge in [0.25, 0.3) is 0 Å². The van der Waals surface area contributed by atoms with Gasteiger partial charge in [0.05, 0.1) is 26.9 Å². The fraction of sp³-hybridized carbons (Fsp3) is 0.471. The maximum atomic E-state index is 11.4. The molecule has 1 aliphatic heterocycles. The summed E-state index contributed by atoms with van der Waals surface area (Å²) >= 11 is 13.6. The molecule has 1 aromatic carbocycles. The number of hydrogen-bond acceptors (Lipinski definition) is 5. The lowest BCUT2D eigenvalue weighted by molar-refractivity contribution is -0.109. The van der Waals surface area contributed by atoms with E-state index in [2.05, 4.69) is 0 Å². The van der Waals surface area contributed by atoms with Crippen LogP contribution >= 0.6 is 35.0 Å². The minimum atomic E-state index is -0.566. The number of anilines is 1. The van der Waals surface area contributed by atoms with Gasteiger partial charge in [-0.3, -0.25) is 4.79 Å². The van der Waals surface area contributed by atoms with E-state index >= 15 is 0 Å². The Labute approximate surface area is 163 Å². The van der Waals surface area contributed by atoms with Crippen LogP contribution in [-0.4, -0.2) is 29.2 Å². The van der Waals surface area contributed by atoms with E-state index in [9.17, 15) is 4.79 Å². The van der Waals surface area contributed by atoms with Crippen molar-refractivity contribution in [1.82, 2.24) is 0 Å². The van der Waals surface area contributed by atoms with Crippen molar-refractivity contribution < 1.29 is 14.1 Å². The van der Waals surface area contributed by atoms with E-state index in [-0.39, 0.29) is 5.12 Å². The van der Waals surface area contributed by atoms with Gasteiger partial charge >= 0.3 is 7.12 Å². The van der Waals surface area contributed by atoms with Crippen LogP contribution in [0, 0.1) is 0 Å². The van der Waals surface area contributed by atoms with Gasteiger partial charge in [0.15, 0.2) is 5.12 Å². The van der Waals surface area contributed by atoms with E-state index < -0.39 is 18.3 Å². The largest absolute Gasteiger partial charge is 0.491 e. The third kappa shape index (κ3) is 4.55. The second-order valence-corrected chi connectivity index (χ2v) is 8.87. The fourth-order valence-corrected chi connectivity index (χ4v) is 3.24. The summed E-state index contributed by atoms with van der Waals surface area (Å²) in [6, 6.07) is 3.48. The highest BCUT2D eigenvalue weighted by molar-refractivity contribution is 8.13. The molecule has 0 unspecified atom stereocenters. The number of carbonyl (C=O) groups is 1. The molecule has 1 fully saturated rings. The lowest BCUT2D eigenvalue weighted by Gasteiger charge is -2.32. The molecule has 136 valence electrons. The number of rotatable bonds is 4. The summed E-state index contributed by atoms with van der Waals surface area (Å²) in [7, 11) is -0.566. The van der Waals surface area contributed by atoms with Gasteiger partial charge in [-0.15, -0.1) is 0 Å². The highest BCUT2D eigenvalue weighted by Crippen LogP contribution is 2.40. The third-order valence-corrected chi connectivity index (χ3v) is 6.28. The number of hydrogen-bond donors (Lipinski definition) is 1. The Morgan fingerprint density at radius 2 is 1.76 bits per heavy atom. The van der Waals surface area contributed by atoms with Crippen LogP contribution in [0.2, 0.25) is 10.0 Å². The van der Waals surface area contributed by atoms with Crippen LogP contribution in [0.15, 0.2) is 17.6 Å². The first-order valence-corrected chi connectivity index (χ1v) is 9.62. The molecule has 4 nitrogen and oxygen atoms in total. The van der Waals surface area contributed by atoms with E-state index in [1.807, 2.05) is 33.8 Å². The van der Waals surface area contributed by atoms with E-state index in [0.29, 0.717) is 27.0 Å². The monoisotopic (exact) mass is 401 g/mol. The zero-order valence-corrected chi connectivity index (χ0v) is 17.3. The van der Waals surface area contributed by atoms with Gasteiger partial charge in [0.2, 0.25) is 0 Å². The molecule has 0 aromatic heterocycles. The molecule has 0 atom stereocenters. The number of nitrogen functional groups attached to an aromatic ring is 1. The molecule has 0 saturated carbocycles. The number of carbonyl (C=O) groups excluding carboxylic acids is 1. The summed E-state index contributed by atoms with van der Waals surface area (Å²) in [5, 5.41) is 0.690. The number of benzene rings is 1. The Hall–Kier alpha value is -0.655. The fourth-order valence-electron chi connectivity index (χ4n) is 2.25. The average molecular weight is 402 g/mol. The van der Waals surface area contributed by atoms with Gasteiger partial charge in [-0.1, -0.05) is 47.1 Å². The summed E-state index contributed by atoms with van der Waals surface area (Å²) in [5.74, 6) is 0.435. The third-order valence-electron chi connectivity index (χ3n) is 4.48. The van der Waals surface area contributed by atoms with Crippen LogP contribution in [0.3, 0.4) is 0 Å². The topological polar surface area (TPSA) is 61.6 Å². The Morgan fingerprint density at radius 1 is 1.20 bits per heavy atom. The standard InChI is InChI=1S/C17H22BCl2NO3S/c1-10(22)25-9-12(18-23-16(2,3)17(4,5)24-18)8-11-6-7-13(21)15(20)14(11)19/h6-8H,9,21H2,1-5H3. The summed E-state index contributed by atoms with van der Waals surface area (Å²) in [6.45, 7) is 9.46. The molecule has 2 rings (SSSR count). The van der Waals surface area contributed by atoms with Crippen molar-refractivity contribution in [3.63, 3.8) is 0 Å². The van der Waals surface area contributed by atoms with E-state index in [4.69, 9.17) is 38.2 Å². The maximum absolute atomic E-state index is 11.4. The summed E-state index contributed by atoms with van der Waals surface area (Å²) < 4.78 is 12.2. The van der Waals surface area contributed by atoms with Crippen molar-refractivity contribution in [3.05, 3.63) is 33.2 Å². The lowest BCUT2D eigenvalue weighted by atomic mass is 9.78. The second kappa shape index (κ2) is 7.53. The molecular formula is C17H22BCl2NO3S. The molecule has 0 aliphatic carbocycles. The summed E-state index contributed by atoms with van der Waals surface area (Å²) in [6.07, 6.45) is 1.85. The summed E-state index contributed by atoms with van der Waals surface area (Å²) in [5.41, 5.74) is 6.76. The Morgan fingerprint density at radius 3 is 2.28 bits per heavy atom. The molecule has 2 N–H and O–H groups in total. The highest BCUT2D eigenvalue weighted by atomic mass is 35.5. The van der Waals surface area contributed by atoms with Gasteiger partial charge in [-0.25, -0.2) is 0 Å². The number of halogens is 2. The van der Waals surface area contributed by atoms with E-state index in [1.165, 1.54) is 18.7 Å². The van der Waals surface area contributed by atoms with Gasteiger partial charge < -0.3 is 15.0 Å². The highest BCUT2D eigenvalue weighted by Gasteiger charge is 2.52. The molecule has 0 radical (unpaired) electrons. The zero-order chi connectivity index (χ0) is 19.0. The molecular weight excluding hydrogens is 380 g/mol. The first-order chi connectivity index (χ1) is 11.4. The van der Waals surface area contributed by atoms with Crippen LogP contribution in [0.25, 0.3) is 6.08 Å². The SMILES string of the molecule is CC(=O)SCC(=Cc1ccc(N)c(Cl)c1Cl)B1OC(C)(C)C(C)(C)O1. The molecule has 8 heteroatoms. The van der Waals surface area contributed by atoms with Crippen molar-refractivity contribution in [1.29, 1.82) is 0 Å². The van der Waals surface area contributed by atoms with Gasteiger partial charge in [0.1, 0.15) is 0 Å². The van der Waals surface area contributed by atoms with Crippen LogP contribution in [0.4, 0.5) is 5.69 Å². The first kappa shape index (κ1) is 20.7. The normalized spacial score (nSPS) is 19.3. The second-order valence-electron chi connectivity index (χ2n) is 6.96. The van der Waals surface area contributed by atoms with E-state index in [0.717, 1.165) is 5.47 Å². The first-order valence-electron chi connectivity index (χ1n) is 7.87. The predicted molar refractivity (Wildman–Crippen MR) is 108 cm³/mol. The van der Waals surface area contributed by atoms with Crippen LogP contribution in [-0.2, 0) is 14.1 Å². The summed E-state index contributed by atoms with van der Waals surface area (Å²) in [4.78, 5) is 11.4. The van der Waals surface area contributed by atoms with Crippen molar-refractivity contribution in [3.8, 4) is 0 Å². The van der Waals surface area contributed by atoms with Crippen molar-refractivity contribution in [2.75, 3.05) is 11.5 Å². The average Bonchev–Trinajstić information content (AvgIpc) is 2.71. The van der Waals surface area contributed by atoms with Crippen LogP contribution in [0.1, 0.15) is 40.2 Å². The van der Waals surface area contributed by atoms with Gasteiger partial charge in [0, 0.05) is 12.7 Å².